The summed E-state index contributed by atoms with van der Waals surface area (Å²) in [6.45, 7) is 2.84. The van der Waals surface area contributed by atoms with Gasteiger partial charge in [0, 0.05) is 38.3 Å². The molecule has 0 atom stereocenters. The van der Waals surface area contributed by atoms with E-state index >= 15 is 0 Å². The first-order valence-corrected chi connectivity index (χ1v) is 4.71. The van der Waals surface area contributed by atoms with Gasteiger partial charge in [-0.3, -0.25) is 4.79 Å². The van der Waals surface area contributed by atoms with Gasteiger partial charge in [-0.25, -0.2) is 4.79 Å². The largest absolute Gasteiger partial charge is 0.478 e. The number of hydrogen-bond donors (Lipinski definition) is 4. The number of likely N-dealkylation sites (N-methyl/N-ethyl adjacent to an activating group) is 1. The van der Waals surface area contributed by atoms with E-state index in [1.54, 1.807) is 0 Å². The molecule has 0 aromatic carbocycles. The van der Waals surface area contributed by atoms with Crippen molar-refractivity contribution in [2.45, 2.75) is 0 Å². The molecule has 0 fully saturated rings. The molecule has 0 aromatic heterocycles. The highest BCUT2D eigenvalue weighted by atomic mass is 16.4. The van der Waals surface area contributed by atoms with Gasteiger partial charge < -0.3 is 21.1 Å². The van der Waals surface area contributed by atoms with E-state index in [2.05, 4.69) is 16.0 Å². The van der Waals surface area contributed by atoms with Gasteiger partial charge in [0.25, 0.3) is 0 Å². The lowest BCUT2D eigenvalue weighted by atomic mass is 10.4. The first-order chi connectivity index (χ1) is 7.16. The van der Waals surface area contributed by atoms with E-state index in [0.717, 1.165) is 25.2 Å². The number of carbonyl (C=O) groups excluding carboxylic acids is 1. The number of carboxylic acid groups (broad SMARTS) is 1. The number of rotatable bonds is 8. The van der Waals surface area contributed by atoms with Crippen LogP contribution in [0.3, 0.4) is 0 Å². The van der Waals surface area contributed by atoms with Crippen molar-refractivity contribution >= 4 is 11.9 Å². The summed E-state index contributed by atoms with van der Waals surface area (Å²) in [5.41, 5.74) is 0. The predicted molar refractivity (Wildman–Crippen MR) is 56.6 cm³/mol. The first-order valence-electron chi connectivity index (χ1n) is 4.71. The van der Waals surface area contributed by atoms with Gasteiger partial charge >= 0.3 is 5.97 Å². The lowest BCUT2D eigenvalue weighted by Crippen LogP contribution is -2.33. The number of carbonyl (C=O) groups is 2. The van der Waals surface area contributed by atoms with Crippen LogP contribution in [0.2, 0.25) is 0 Å². The Labute approximate surface area is 88.7 Å². The summed E-state index contributed by atoms with van der Waals surface area (Å²) in [4.78, 5) is 21.0. The van der Waals surface area contributed by atoms with Gasteiger partial charge in [0.1, 0.15) is 0 Å². The smallest absolute Gasteiger partial charge is 0.328 e. The second kappa shape index (κ2) is 9.17. The van der Waals surface area contributed by atoms with E-state index < -0.39 is 11.9 Å². The molecule has 0 radical (unpaired) electrons. The zero-order chi connectivity index (χ0) is 11.5. The SMILES string of the molecule is CNCCNCCNC(=O)/C=C/C(=O)O. The van der Waals surface area contributed by atoms with Gasteiger partial charge in [-0.1, -0.05) is 0 Å². The lowest BCUT2D eigenvalue weighted by molar-refractivity contribution is -0.131. The number of amides is 1. The van der Waals surface area contributed by atoms with Crippen molar-refractivity contribution in [3.8, 4) is 0 Å². The molecule has 0 aliphatic carbocycles. The highest BCUT2D eigenvalue weighted by molar-refractivity contribution is 5.93. The van der Waals surface area contributed by atoms with E-state index in [-0.39, 0.29) is 0 Å². The molecule has 0 aromatic rings. The van der Waals surface area contributed by atoms with E-state index in [9.17, 15) is 9.59 Å². The number of hydrogen-bond acceptors (Lipinski definition) is 4. The minimum Gasteiger partial charge on any atom is -0.478 e. The summed E-state index contributed by atoms with van der Waals surface area (Å²) in [6, 6.07) is 0. The fourth-order valence-corrected chi connectivity index (χ4v) is 0.818. The second-order valence-corrected chi connectivity index (χ2v) is 2.82. The second-order valence-electron chi connectivity index (χ2n) is 2.82. The maximum Gasteiger partial charge on any atom is 0.328 e. The number of aliphatic carboxylic acids is 1. The van der Waals surface area contributed by atoms with E-state index in [4.69, 9.17) is 5.11 Å². The third kappa shape index (κ3) is 10.5. The first kappa shape index (κ1) is 13.6. The molecule has 1 amide bonds. The zero-order valence-electron chi connectivity index (χ0n) is 8.75. The Morgan fingerprint density at radius 1 is 1.13 bits per heavy atom. The number of nitrogens with one attached hydrogen (secondary N) is 3. The van der Waals surface area contributed by atoms with Gasteiger partial charge in [-0.05, 0) is 7.05 Å². The fourth-order valence-electron chi connectivity index (χ4n) is 0.818. The van der Waals surface area contributed by atoms with Gasteiger partial charge in [0.05, 0.1) is 0 Å². The Balaban J connectivity index is 3.35. The topological polar surface area (TPSA) is 90.5 Å². The summed E-state index contributed by atoms with van der Waals surface area (Å²) < 4.78 is 0. The summed E-state index contributed by atoms with van der Waals surface area (Å²) in [5, 5.41) is 16.9. The normalized spacial score (nSPS) is 10.5. The van der Waals surface area contributed by atoms with Gasteiger partial charge in [0.2, 0.25) is 5.91 Å². The highest BCUT2D eigenvalue weighted by Gasteiger charge is 1.95. The quantitative estimate of drug-likeness (QED) is 0.294. The van der Waals surface area contributed by atoms with Gasteiger partial charge in [-0.15, -0.1) is 0 Å². The third-order valence-electron chi connectivity index (χ3n) is 1.53. The van der Waals surface area contributed by atoms with Crippen LogP contribution in [-0.4, -0.2) is 50.2 Å². The van der Waals surface area contributed by atoms with Crippen molar-refractivity contribution in [3.05, 3.63) is 12.2 Å². The molecule has 0 heterocycles. The van der Waals surface area contributed by atoms with E-state index in [0.29, 0.717) is 13.1 Å². The minimum absolute atomic E-state index is 0.396. The van der Waals surface area contributed by atoms with Crippen LogP contribution in [0.1, 0.15) is 0 Å². The lowest BCUT2D eigenvalue weighted by Gasteiger charge is -2.04. The molecule has 0 unspecified atom stereocenters. The van der Waals surface area contributed by atoms with Crippen LogP contribution in [0.25, 0.3) is 0 Å². The monoisotopic (exact) mass is 215 g/mol. The molecule has 4 N–H and O–H groups in total. The maximum absolute atomic E-state index is 10.9. The van der Waals surface area contributed by atoms with Crippen LogP contribution in [0, 0.1) is 0 Å². The molecule has 6 heteroatoms. The van der Waals surface area contributed by atoms with Crippen molar-refractivity contribution in [3.63, 3.8) is 0 Å². The average Bonchev–Trinajstić information content (AvgIpc) is 2.20. The Morgan fingerprint density at radius 2 is 1.80 bits per heavy atom. The van der Waals surface area contributed by atoms with E-state index in [1.807, 2.05) is 7.05 Å². The average molecular weight is 215 g/mol. The third-order valence-corrected chi connectivity index (χ3v) is 1.53. The van der Waals surface area contributed by atoms with Crippen molar-refractivity contribution in [2.75, 3.05) is 33.2 Å². The number of carboxylic acids is 1. The van der Waals surface area contributed by atoms with Gasteiger partial charge in [-0.2, -0.15) is 0 Å². The van der Waals surface area contributed by atoms with Crippen molar-refractivity contribution in [1.29, 1.82) is 0 Å². The fraction of sp³-hybridized carbons (Fsp3) is 0.556. The minimum atomic E-state index is -1.13. The summed E-state index contributed by atoms with van der Waals surface area (Å²) >= 11 is 0. The van der Waals surface area contributed by atoms with Crippen LogP contribution in [0.4, 0.5) is 0 Å². The molecule has 86 valence electrons. The molecule has 0 rings (SSSR count). The Bertz CT molecular complexity index is 229. The van der Waals surface area contributed by atoms with Crippen LogP contribution in [0.5, 0.6) is 0 Å². The highest BCUT2D eigenvalue weighted by Crippen LogP contribution is 1.73. The predicted octanol–water partition coefficient (Wildman–Crippen LogP) is -1.45. The van der Waals surface area contributed by atoms with Crippen LogP contribution >= 0.6 is 0 Å². The summed E-state index contributed by atoms with van der Waals surface area (Å²) in [5.74, 6) is -1.52. The molecule has 0 saturated heterocycles. The molecule has 0 aliphatic heterocycles. The van der Waals surface area contributed by atoms with Crippen molar-refractivity contribution in [1.82, 2.24) is 16.0 Å². The standard InChI is InChI=1S/C9H17N3O3/c1-10-4-5-11-6-7-12-8(13)2-3-9(14)15/h2-3,10-11H,4-7H2,1H3,(H,12,13)(H,14,15)/b3-2+. The van der Waals surface area contributed by atoms with Crippen LogP contribution in [0.15, 0.2) is 12.2 Å². The van der Waals surface area contributed by atoms with Crippen LogP contribution < -0.4 is 16.0 Å². The zero-order valence-corrected chi connectivity index (χ0v) is 8.75. The van der Waals surface area contributed by atoms with E-state index in [1.165, 1.54) is 0 Å². The Hall–Kier alpha value is -1.40. The molecule has 6 nitrogen and oxygen atoms in total. The summed E-state index contributed by atoms with van der Waals surface area (Å²) in [6.07, 6.45) is 1.81. The molecular formula is C9H17N3O3. The van der Waals surface area contributed by atoms with Crippen LogP contribution in [-0.2, 0) is 9.59 Å². The molecule has 0 bridgehead atoms. The molecule has 0 saturated carbocycles. The molecule has 0 spiro atoms. The molecule has 15 heavy (non-hydrogen) atoms. The maximum atomic E-state index is 10.9. The molecular weight excluding hydrogens is 198 g/mol. The Morgan fingerprint density at radius 3 is 2.40 bits per heavy atom. The Kier molecular flexibility index (Phi) is 8.31. The molecule has 0 aliphatic rings. The van der Waals surface area contributed by atoms with Crippen molar-refractivity contribution < 1.29 is 14.7 Å². The summed E-state index contributed by atoms with van der Waals surface area (Å²) in [7, 11) is 1.86. The van der Waals surface area contributed by atoms with Gasteiger partial charge in [0.15, 0.2) is 0 Å². The van der Waals surface area contributed by atoms with Crippen molar-refractivity contribution in [2.24, 2.45) is 0 Å².